The van der Waals surface area contributed by atoms with Crippen LogP contribution in [-0.4, -0.2) is 23.1 Å². The van der Waals surface area contributed by atoms with E-state index in [-0.39, 0.29) is 38.5 Å². The van der Waals surface area contributed by atoms with Gasteiger partial charge < -0.3 is 9.72 Å². The fourth-order valence-electron chi connectivity index (χ4n) is 4.24. The summed E-state index contributed by atoms with van der Waals surface area (Å²) in [5.41, 5.74) is 2.12. The van der Waals surface area contributed by atoms with Gasteiger partial charge in [-0.15, -0.1) is 0 Å². The molecule has 1 aromatic heterocycles. The number of carbonyl (C=O) groups excluding carboxylic acids is 2. The number of hydrazone groups is 1. The minimum absolute atomic E-state index is 0.147. The van der Waals surface area contributed by atoms with E-state index in [4.69, 9.17) is 27.9 Å². The molecule has 0 bridgehead atoms. The number of ether oxygens (including phenoxy) is 1. The van der Waals surface area contributed by atoms with Crippen LogP contribution in [0.2, 0.25) is 10.0 Å². The highest BCUT2D eigenvalue weighted by molar-refractivity contribution is 9.10. The van der Waals surface area contributed by atoms with E-state index in [1.165, 1.54) is 36.5 Å². The van der Waals surface area contributed by atoms with E-state index in [0.29, 0.717) is 20.6 Å². The second-order valence-electron chi connectivity index (χ2n) is 8.86. The number of alkyl halides is 3. The van der Waals surface area contributed by atoms with Crippen molar-refractivity contribution in [1.29, 1.82) is 0 Å². The summed E-state index contributed by atoms with van der Waals surface area (Å²) in [6, 6.07) is 21.1. The first-order chi connectivity index (χ1) is 20.0. The Labute approximate surface area is 255 Å². The second-order valence-corrected chi connectivity index (χ2v) is 10.6. The van der Waals surface area contributed by atoms with E-state index in [1.54, 1.807) is 48.5 Å². The van der Waals surface area contributed by atoms with Crippen LogP contribution >= 0.6 is 39.1 Å². The lowest BCUT2D eigenvalue weighted by atomic mass is 10.00. The zero-order valence-corrected chi connectivity index (χ0v) is 24.2. The van der Waals surface area contributed by atoms with Crippen LogP contribution in [0.3, 0.4) is 0 Å². The van der Waals surface area contributed by atoms with E-state index >= 15 is 0 Å². The third kappa shape index (κ3) is 6.20. The molecule has 0 aliphatic rings. The van der Waals surface area contributed by atoms with Crippen LogP contribution in [0.15, 0.2) is 94.5 Å². The Morgan fingerprint density at radius 2 is 1.69 bits per heavy atom. The third-order valence-electron chi connectivity index (χ3n) is 6.13. The minimum atomic E-state index is -4.67. The number of halogens is 6. The lowest BCUT2D eigenvalue weighted by molar-refractivity contribution is -0.136. The first kappa shape index (κ1) is 29.4. The molecule has 0 atom stereocenters. The third-order valence-corrected chi connectivity index (χ3v) is 7.21. The highest BCUT2D eigenvalue weighted by Gasteiger charge is 2.35. The van der Waals surface area contributed by atoms with Crippen LogP contribution in [0, 0.1) is 0 Å². The van der Waals surface area contributed by atoms with Crippen molar-refractivity contribution in [2.24, 2.45) is 5.10 Å². The molecule has 0 saturated heterocycles. The lowest BCUT2D eigenvalue weighted by Crippen LogP contribution is -2.19. The summed E-state index contributed by atoms with van der Waals surface area (Å²) in [6.45, 7) is 0. The number of carbonyl (C=O) groups is 2. The Hall–Kier alpha value is -4.12. The number of nitrogens with zero attached hydrogens (tertiary/aromatic N) is 1. The average molecular weight is 675 g/mol. The van der Waals surface area contributed by atoms with Gasteiger partial charge in [-0.25, -0.2) is 10.2 Å². The number of benzene rings is 4. The SMILES string of the molecule is O=C(Oc1ccc(Br)cc1C=NNC(=O)c1[nH]c2c(C(F)(F)F)cccc2c1-c1ccccc1Cl)c1ccc(Cl)cc1. The molecule has 42 heavy (non-hydrogen) atoms. The summed E-state index contributed by atoms with van der Waals surface area (Å²) in [4.78, 5) is 28.6. The van der Waals surface area contributed by atoms with Gasteiger partial charge in [-0.2, -0.15) is 18.3 Å². The number of hydrogen-bond acceptors (Lipinski definition) is 4. The molecular formula is C30H17BrCl2F3N3O3. The summed E-state index contributed by atoms with van der Waals surface area (Å²) >= 11 is 15.6. The van der Waals surface area contributed by atoms with Crippen molar-refractivity contribution in [3.05, 3.63) is 122 Å². The summed E-state index contributed by atoms with van der Waals surface area (Å²) < 4.78 is 47.6. The molecule has 5 aromatic rings. The summed E-state index contributed by atoms with van der Waals surface area (Å²) in [5, 5.41) is 4.85. The molecule has 12 heteroatoms. The van der Waals surface area contributed by atoms with Crippen LogP contribution in [0.5, 0.6) is 5.75 Å². The van der Waals surface area contributed by atoms with Gasteiger partial charge in [0.2, 0.25) is 0 Å². The average Bonchev–Trinajstić information content (AvgIpc) is 3.34. The molecule has 0 aliphatic carbocycles. The summed E-state index contributed by atoms with van der Waals surface area (Å²) in [7, 11) is 0. The predicted octanol–water partition coefficient (Wildman–Crippen LogP) is 8.91. The Kier molecular flexibility index (Phi) is 8.40. The molecule has 1 amide bonds. The van der Waals surface area contributed by atoms with E-state index in [0.717, 1.165) is 6.07 Å². The van der Waals surface area contributed by atoms with Crippen LogP contribution in [0.25, 0.3) is 22.0 Å². The van der Waals surface area contributed by atoms with Crippen molar-refractivity contribution in [2.45, 2.75) is 6.18 Å². The van der Waals surface area contributed by atoms with Crippen molar-refractivity contribution < 1.29 is 27.5 Å². The van der Waals surface area contributed by atoms with Gasteiger partial charge in [0.05, 0.1) is 22.9 Å². The van der Waals surface area contributed by atoms with Gasteiger partial charge in [0.1, 0.15) is 11.4 Å². The van der Waals surface area contributed by atoms with Crippen molar-refractivity contribution in [2.75, 3.05) is 0 Å². The standard InChI is InChI=1S/C30H17BrCl2F3N3O3/c31-18-10-13-24(42-29(41)16-8-11-19(32)12-9-16)17(14-18)15-37-39-28(40)27-25(20-4-1-2-7-23(20)33)21-5-3-6-22(26(21)38-27)30(34,35)36/h1-15,38H,(H,39,40). The van der Waals surface area contributed by atoms with Crippen LogP contribution < -0.4 is 10.2 Å². The van der Waals surface area contributed by atoms with Gasteiger partial charge in [-0.1, -0.05) is 69.5 Å². The lowest BCUT2D eigenvalue weighted by Gasteiger charge is -2.09. The molecule has 6 nitrogen and oxygen atoms in total. The smallest absolute Gasteiger partial charge is 0.418 e. The number of esters is 1. The number of amides is 1. The topological polar surface area (TPSA) is 83.5 Å². The largest absolute Gasteiger partial charge is 0.422 e. The van der Waals surface area contributed by atoms with Gasteiger partial charge >= 0.3 is 12.1 Å². The molecule has 0 unspecified atom stereocenters. The number of nitrogens with one attached hydrogen (secondary N) is 2. The number of H-pyrrole nitrogens is 1. The molecule has 4 aromatic carbocycles. The number of rotatable bonds is 6. The van der Waals surface area contributed by atoms with Crippen molar-refractivity contribution in [3.8, 4) is 16.9 Å². The van der Waals surface area contributed by atoms with Gasteiger partial charge in [-0.3, -0.25) is 4.79 Å². The minimum Gasteiger partial charge on any atom is -0.422 e. The van der Waals surface area contributed by atoms with Crippen LogP contribution in [0.1, 0.15) is 32.0 Å². The highest BCUT2D eigenvalue weighted by atomic mass is 79.9. The molecule has 1 heterocycles. The maximum Gasteiger partial charge on any atom is 0.418 e. The first-order valence-corrected chi connectivity index (χ1v) is 13.7. The molecule has 0 radical (unpaired) electrons. The maximum atomic E-state index is 13.8. The monoisotopic (exact) mass is 673 g/mol. The van der Waals surface area contributed by atoms with E-state index in [2.05, 4.69) is 31.4 Å². The Bertz CT molecular complexity index is 1850. The fourth-order valence-corrected chi connectivity index (χ4v) is 4.98. The number of hydrogen-bond donors (Lipinski definition) is 2. The Morgan fingerprint density at radius 1 is 0.952 bits per heavy atom. The zero-order valence-electron chi connectivity index (χ0n) is 21.1. The summed E-state index contributed by atoms with van der Waals surface area (Å²) in [6.07, 6.45) is -3.43. The normalized spacial score (nSPS) is 11.7. The van der Waals surface area contributed by atoms with Gasteiger partial charge in [-0.05, 0) is 54.6 Å². The quantitative estimate of drug-likeness (QED) is 0.0817. The van der Waals surface area contributed by atoms with E-state index in [1.807, 2.05) is 0 Å². The molecule has 2 N–H and O–H groups in total. The number of aromatic nitrogens is 1. The molecule has 212 valence electrons. The predicted molar refractivity (Wildman–Crippen MR) is 159 cm³/mol. The van der Waals surface area contributed by atoms with E-state index < -0.39 is 23.6 Å². The van der Waals surface area contributed by atoms with Crippen molar-refractivity contribution in [3.63, 3.8) is 0 Å². The van der Waals surface area contributed by atoms with Gasteiger partial charge in [0, 0.05) is 36.6 Å². The molecule has 0 fully saturated rings. The van der Waals surface area contributed by atoms with E-state index in [9.17, 15) is 22.8 Å². The second kappa shape index (κ2) is 12.0. The van der Waals surface area contributed by atoms with Gasteiger partial charge in [0.25, 0.3) is 5.91 Å². The Morgan fingerprint density at radius 3 is 2.40 bits per heavy atom. The first-order valence-electron chi connectivity index (χ1n) is 12.1. The maximum absolute atomic E-state index is 13.8. The molecule has 0 saturated carbocycles. The fraction of sp³-hybridized carbons (Fsp3) is 0.0333. The number of para-hydroxylation sites is 1. The molecule has 0 aliphatic heterocycles. The highest BCUT2D eigenvalue weighted by Crippen LogP contribution is 2.41. The molecular weight excluding hydrogens is 658 g/mol. The number of aromatic amines is 1. The molecule has 0 spiro atoms. The number of fused-ring (bicyclic) bond motifs is 1. The van der Waals surface area contributed by atoms with Gasteiger partial charge in [0.15, 0.2) is 0 Å². The summed E-state index contributed by atoms with van der Waals surface area (Å²) in [5.74, 6) is -1.32. The zero-order chi connectivity index (χ0) is 30.0. The molecule has 5 rings (SSSR count). The van der Waals surface area contributed by atoms with Crippen LogP contribution in [0.4, 0.5) is 13.2 Å². The Balaban J connectivity index is 1.48. The van der Waals surface area contributed by atoms with Crippen molar-refractivity contribution in [1.82, 2.24) is 10.4 Å². The van der Waals surface area contributed by atoms with Crippen LogP contribution in [-0.2, 0) is 6.18 Å². The van der Waals surface area contributed by atoms with Crippen molar-refractivity contribution >= 4 is 68.1 Å².